The zero-order chi connectivity index (χ0) is 15.0. The van der Waals surface area contributed by atoms with Crippen LogP contribution in [0.4, 0.5) is 0 Å². The molecule has 0 aliphatic heterocycles. The van der Waals surface area contributed by atoms with Gasteiger partial charge in [-0.3, -0.25) is 4.79 Å². The quantitative estimate of drug-likeness (QED) is 0.724. The summed E-state index contributed by atoms with van der Waals surface area (Å²) >= 11 is 1.61. The molecule has 0 aromatic heterocycles. The first-order valence-electron chi connectivity index (χ1n) is 7.29. The van der Waals surface area contributed by atoms with E-state index in [0.717, 1.165) is 24.4 Å². The number of carbonyl (C=O) groups excluding carboxylic acids is 1. The van der Waals surface area contributed by atoms with E-state index < -0.39 is 0 Å². The van der Waals surface area contributed by atoms with Crippen molar-refractivity contribution >= 4 is 17.7 Å². The lowest BCUT2D eigenvalue weighted by atomic mass is 10.2. The van der Waals surface area contributed by atoms with E-state index >= 15 is 0 Å². The molecule has 0 aliphatic carbocycles. The van der Waals surface area contributed by atoms with Crippen molar-refractivity contribution in [3.8, 4) is 0 Å². The molecular weight excluding hydrogens is 268 g/mol. The highest BCUT2D eigenvalue weighted by atomic mass is 32.2. The monoisotopic (exact) mass is 294 g/mol. The summed E-state index contributed by atoms with van der Waals surface area (Å²) in [5.41, 5.74) is 1.25. The van der Waals surface area contributed by atoms with Crippen molar-refractivity contribution in [3.05, 3.63) is 29.8 Å². The molecule has 0 saturated carbocycles. The van der Waals surface area contributed by atoms with Crippen LogP contribution < -0.4 is 10.6 Å². The van der Waals surface area contributed by atoms with E-state index in [0.29, 0.717) is 6.04 Å². The van der Waals surface area contributed by atoms with Gasteiger partial charge in [-0.1, -0.05) is 32.9 Å². The molecule has 3 nitrogen and oxygen atoms in total. The Kier molecular flexibility index (Phi) is 7.70. The van der Waals surface area contributed by atoms with Crippen molar-refractivity contribution in [1.82, 2.24) is 10.6 Å². The van der Waals surface area contributed by atoms with Gasteiger partial charge in [0.05, 0.1) is 5.25 Å². The van der Waals surface area contributed by atoms with Crippen LogP contribution in [0.3, 0.4) is 0 Å². The predicted octanol–water partition coefficient (Wildman–Crippen LogP) is 3.19. The maximum Gasteiger partial charge on any atom is 0.233 e. The molecule has 0 heterocycles. The minimum Gasteiger partial charge on any atom is -0.355 e. The summed E-state index contributed by atoms with van der Waals surface area (Å²) < 4.78 is 0. The Bertz CT molecular complexity index is 421. The molecule has 1 rings (SSSR count). The number of thioether (sulfide) groups is 1. The summed E-state index contributed by atoms with van der Waals surface area (Å²) in [7, 11) is 0. The SMILES string of the molecule is CCCNC(=O)C(C)Sc1cccc(CNC(C)C)c1. The van der Waals surface area contributed by atoms with Gasteiger partial charge in [-0.2, -0.15) is 0 Å². The van der Waals surface area contributed by atoms with Crippen LogP contribution in [0, 0.1) is 0 Å². The molecule has 4 heteroatoms. The number of carbonyl (C=O) groups is 1. The van der Waals surface area contributed by atoms with Gasteiger partial charge in [0.1, 0.15) is 0 Å². The van der Waals surface area contributed by atoms with Crippen molar-refractivity contribution in [2.24, 2.45) is 0 Å². The molecule has 1 amide bonds. The van der Waals surface area contributed by atoms with Gasteiger partial charge in [-0.25, -0.2) is 0 Å². The maximum atomic E-state index is 11.9. The van der Waals surface area contributed by atoms with Crippen molar-refractivity contribution in [3.63, 3.8) is 0 Å². The van der Waals surface area contributed by atoms with Gasteiger partial charge in [-0.05, 0) is 31.0 Å². The van der Waals surface area contributed by atoms with Gasteiger partial charge in [0.2, 0.25) is 5.91 Å². The molecular formula is C16H26N2OS. The van der Waals surface area contributed by atoms with Gasteiger partial charge >= 0.3 is 0 Å². The van der Waals surface area contributed by atoms with E-state index in [2.05, 4.69) is 55.7 Å². The maximum absolute atomic E-state index is 11.9. The van der Waals surface area contributed by atoms with E-state index in [9.17, 15) is 4.79 Å². The molecule has 0 aliphatic rings. The van der Waals surface area contributed by atoms with Crippen molar-refractivity contribution < 1.29 is 4.79 Å². The van der Waals surface area contributed by atoms with Gasteiger partial charge in [0.15, 0.2) is 0 Å². The van der Waals surface area contributed by atoms with Crippen LogP contribution in [0.15, 0.2) is 29.2 Å². The third kappa shape index (κ3) is 6.44. The van der Waals surface area contributed by atoms with Crippen LogP contribution in [-0.2, 0) is 11.3 Å². The Morgan fingerprint density at radius 1 is 1.30 bits per heavy atom. The number of hydrogen-bond donors (Lipinski definition) is 2. The number of rotatable bonds is 8. The molecule has 0 saturated heterocycles. The fourth-order valence-corrected chi connectivity index (χ4v) is 2.68. The van der Waals surface area contributed by atoms with Crippen molar-refractivity contribution in [2.75, 3.05) is 6.54 Å². The fourth-order valence-electron chi connectivity index (χ4n) is 1.70. The average Bonchev–Trinajstić information content (AvgIpc) is 2.42. The van der Waals surface area contributed by atoms with Gasteiger partial charge in [-0.15, -0.1) is 11.8 Å². The third-order valence-corrected chi connectivity index (χ3v) is 3.94. The van der Waals surface area contributed by atoms with Crippen LogP contribution in [0.5, 0.6) is 0 Å². The van der Waals surface area contributed by atoms with E-state index in [4.69, 9.17) is 0 Å². The van der Waals surface area contributed by atoms with Crippen LogP contribution in [0.2, 0.25) is 0 Å². The number of benzene rings is 1. The molecule has 2 N–H and O–H groups in total. The smallest absolute Gasteiger partial charge is 0.233 e. The lowest BCUT2D eigenvalue weighted by Crippen LogP contribution is -2.31. The first kappa shape index (κ1) is 17.1. The van der Waals surface area contributed by atoms with Gasteiger partial charge in [0, 0.05) is 24.0 Å². The molecule has 1 aromatic carbocycles. The Hall–Kier alpha value is -1.00. The predicted molar refractivity (Wildman–Crippen MR) is 87.0 cm³/mol. The number of nitrogens with one attached hydrogen (secondary N) is 2. The largest absolute Gasteiger partial charge is 0.355 e. The Labute approximate surface area is 126 Å². The van der Waals surface area contributed by atoms with Crippen LogP contribution in [0.25, 0.3) is 0 Å². The van der Waals surface area contributed by atoms with E-state index in [1.165, 1.54) is 5.56 Å². The molecule has 0 fully saturated rings. The lowest BCUT2D eigenvalue weighted by Gasteiger charge is -2.13. The topological polar surface area (TPSA) is 41.1 Å². The van der Waals surface area contributed by atoms with Gasteiger partial charge < -0.3 is 10.6 Å². The zero-order valence-corrected chi connectivity index (χ0v) is 13.7. The molecule has 0 spiro atoms. The van der Waals surface area contributed by atoms with Crippen LogP contribution in [-0.4, -0.2) is 23.7 Å². The molecule has 112 valence electrons. The summed E-state index contributed by atoms with van der Waals surface area (Å²) in [5, 5.41) is 6.28. The lowest BCUT2D eigenvalue weighted by molar-refractivity contribution is -0.120. The summed E-state index contributed by atoms with van der Waals surface area (Å²) in [6.45, 7) is 9.90. The number of hydrogen-bond acceptors (Lipinski definition) is 3. The minimum absolute atomic E-state index is 0.0603. The zero-order valence-electron chi connectivity index (χ0n) is 12.9. The minimum atomic E-state index is -0.0603. The first-order chi connectivity index (χ1) is 9.52. The average molecular weight is 294 g/mol. The normalized spacial score (nSPS) is 12.4. The molecule has 1 aromatic rings. The second-order valence-electron chi connectivity index (χ2n) is 5.23. The van der Waals surface area contributed by atoms with E-state index in [-0.39, 0.29) is 11.2 Å². The standard InChI is InChI=1S/C16H26N2OS/c1-5-9-17-16(19)13(4)20-15-8-6-7-14(10-15)11-18-12(2)3/h6-8,10,12-13,18H,5,9,11H2,1-4H3,(H,17,19). The second-order valence-corrected chi connectivity index (χ2v) is 6.65. The molecule has 20 heavy (non-hydrogen) atoms. The first-order valence-corrected chi connectivity index (χ1v) is 8.17. The summed E-state index contributed by atoms with van der Waals surface area (Å²) in [4.78, 5) is 13.0. The Morgan fingerprint density at radius 2 is 2.05 bits per heavy atom. The number of amides is 1. The van der Waals surface area contributed by atoms with Gasteiger partial charge in [0.25, 0.3) is 0 Å². The summed E-state index contributed by atoms with van der Waals surface area (Å²) in [5.74, 6) is 0.113. The Balaban J connectivity index is 2.54. The Morgan fingerprint density at radius 3 is 2.70 bits per heavy atom. The highest BCUT2D eigenvalue weighted by molar-refractivity contribution is 8.00. The molecule has 0 radical (unpaired) electrons. The molecule has 0 bridgehead atoms. The summed E-state index contributed by atoms with van der Waals surface area (Å²) in [6, 6.07) is 8.86. The van der Waals surface area contributed by atoms with E-state index in [1.807, 2.05) is 6.92 Å². The third-order valence-electron chi connectivity index (χ3n) is 2.84. The van der Waals surface area contributed by atoms with Crippen molar-refractivity contribution in [2.45, 2.75) is 56.8 Å². The summed E-state index contributed by atoms with van der Waals surface area (Å²) in [6.07, 6.45) is 0.972. The fraction of sp³-hybridized carbons (Fsp3) is 0.562. The molecule has 1 unspecified atom stereocenters. The van der Waals surface area contributed by atoms with Crippen molar-refractivity contribution in [1.29, 1.82) is 0 Å². The molecule has 1 atom stereocenters. The highest BCUT2D eigenvalue weighted by Crippen LogP contribution is 2.24. The van der Waals surface area contributed by atoms with Crippen LogP contribution >= 0.6 is 11.8 Å². The highest BCUT2D eigenvalue weighted by Gasteiger charge is 2.13. The van der Waals surface area contributed by atoms with E-state index in [1.54, 1.807) is 11.8 Å². The second kappa shape index (κ2) is 9.03. The van der Waals surface area contributed by atoms with Crippen LogP contribution in [0.1, 0.15) is 39.7 Å².